The van der Waals surface area contributed by atoms with Gasteiger partial charge in [-0.1, -0.05) is 13.0 Å². The van der Waals surface area contributed by atoms with Gasteiger partial charge in [0, 0.05) is 12.6 Å². The van der Waals surface area contributed by atoms with Gasteiger partial charge < -0.3 is 0 Å². The first-order valence-electron chi connectivity index (χ1n) is 5.29. The average molecular weight is 262 g/mol. The number of aryl methyl sites for hydroxylation is 1. The molecule has 0 N–H and O–H groups in total. The third kappa shape index (κ3) is 2.05. The molecule has 3 aromatic heterocycles. The van der Waals surface area contributed by atoms with Crippen LogP contribution in [-0.2, 0) is 6.42 Å². The summed E-state index contributed by atoms with van der Waals surface area (Å²) < 4.78 is 7.26. The molecule has 0 aliphatic heterocycles. The van der Waals surface area contributed by atoms with E-state index in [0.717, 1.165) is 27.3 Å². The van der Waals surface area contributed by atoms with Crippen LogP contribution in [0.3, 0.4) is 0 Å². The molecular weight excluding hydrogens is 252 g/mol. The summed E-state index contributed by atoms with van der Waals surface area (Å²) in [7, 11) is 0. The molecule has 0 aliphatic rings. The predicted octanol–water partition coefficient (Wildman–Crippen LogP) is 2.90. The molecule has 0 fully saturated rings. The number of hydrogen-bond acceptors (Lipinski definition) is 5. The molecule has 86 valence electrons. The van der Waals surface area contributed by atoms with E-state index in [4.69, 9.17) is 0 Å². The molecule has 0 aromatic carbocycles. The Morgan fingerprint density at radius 2 is 2.35 bits per heavy atom. The summed E-state index contributed by atoms with van der Waals surface area (Å²) >= 11 is 2.99. The second-order valence-corrected chi connectivity index (χ2v) is 5.43. The van der Waals surface area contributed by atoms with Gasteiger partial charge in [0.2, 0.25) is 0 Å². The average Bonchev–Trinajstić information content (AvgIpc) is 2.97. The second-order valence-electron chi connectivity index (χ2n) is 3.47. The molecule has 0 unspecified atom stereocenters. The van der Waals surface area contributed by atoms with Gasteiger partial charge >= 0.3 is 0 Å². The first-order chi connectivity index (χ1) is 8.36. The van der Waals surface area contributed by atoms with E-state index >= 15 is 0 Å². The van der Waals surface area contributed by atoms with Gasteiger partial charge in [0.1, 0.15) is 5.82 Å². The number of aromatic nitrogens is 4. The van der Waals surface area contributed by atoms with Crippen molar-refractivity contribution in [1.29, 1.82) is 0 Å². The lowest BCUT2D eigenvalue weighted by molar-refractivity contribution is 0.945. The van der Waals surface area contributed by atoms with Crippen molar-refractivity contribution in [3.8, 4) is 0 Å². The molecule has 6 heteroatoms. The number of nitrogens with zero attached hydrogens (tertiary/aromatic N) is 4. The highest BCUT2D eigenvalue weighted by atomic mass is 32.2. The normalized spacial score (nSPS) is 11.1. The van der Waals surface area contributed by atoms with Gasteiger partial charge in [-0.25, -0.2) is 9.97 Å². The first kappa shape index (κ1) is 10.7. The van der Waals surface area contributed by atoms with Gasteiger partial charge in [0.25, 0.3) is 0 Å². The van der Waals surface area contributed by atoms with E-state index < -0.39 is 0 Å². The Hall–Kier alpha value is -1.40. The van der Waals surface area contributed by atoms with Crippen molar-refractivity contribution >= 4 is 28.8 Å². The number of imidazole rings is 1. The molecule has 0 atom stereocenters. The van der Waals surface area contributed by atoms with E-state index in [1.807, 2.05) is 30.6 Å². The van der Waals surface area contributed by atoms with Gasteiger partial charge in [-0.05, 0) is 35.4 Å². The molecule has 0 radical (unpaired) electrons. The van der Waals surface area contributed by atoms with Crippen LogP contribution in [0.4, 0.5) is 0 Å². The standard InChI is InChI=1S/C11H10N4S2/c1-2-9-13-11(17-14-9)16-10-12-7-8-5-3-4-6-15(8)10/h3-7H,2H2,1H3. The summed E-state index contributed by atoms with van der Waals surface area (Å²) in [6.45, 7) is 2.06. The number of fused-ring (bicyclic) bond motifs is 1. The van der Waals surface area contributed by atoms with Crippen LogP contribution < -0.4 is 0 Å². The van der Waals surface area contributed by atoms with E-state index in [0.29, 0.717) is 0 Å². The van der Waals surface area contributed by atoms with Crippen molar-refractivity contribution in [3.63, 3.8) is 0 Å². The van der Waals surface area contributed by atoms with E-state index in [2.05, 4.69) is 25.7 Å². The van der Waals surface area contributed by atoms with E-state index in [1.54, 1.807) is 11.8 Å². The minimum absolute atomic E-state index is 0.874. The smallest absolute Gasteiger partial charge is 0.179 e. The molecule has 3 heterocycles. The van der Waals surface area contributed by atoms with E-state index in [9.17, 15) is 0 Å². The lowest BCUT2D eigenvalue weighted by Gasteiger charge is -1.96. The second kappa shape index (κ2) is 4.46. The van der Waals surface area contributed by atoms with Crippen LogP contribution in [0.1, 0.15) is 12.7 Å². The zero-order chi connectivity index (χ0) is 11.7. The zero-order valence-electron chi connectivity index (χ0n) is 9.20. The Balaban J connectivity index is 1.94. The monoisotopic (exact) mass is 262 g/mol. The topological polar surface area (TPSA) is 43.1 Å². The van der Waals surface area contributed by atoms with Gasteiger partial charge in [-0.15, -0.1) is 0 Å². The summed E-state index contributed by atoms with van der Waals surface area (Å²) in [5.74, 6) is 0.901. The summed E-state index contributed by atoms with van der Waals surface area (Å²) in [6.07, 6.45) is 4.75. The molecule has 3 aromatic rings. The van der Waals surface area contributed by atoms with Crippen LogP contribution in [-0.4, -0.2) is 18.7 Å². The largest absolute Gasteiger partial charge is 0.294 e. The van der Waals surface area contributed by atoms with Crippen LogP contribution in [0.15, 0.2) is 40.1 Å². The lowest BCUT2D eigenvalue weighted by atomic mass is 10.4. The number of hydrogen-bond donors (Lipinski definition) is 0. The highest BCUT2D eigenvalue weighted by Crippen LogP contribution is 2.28. The van der Waals surface area contributed by atoms with Gasteiger partial charge in [-0.3, -0.25) is 4.40 Å². The Bertz CT molecular complexity index is 644. The molecule has 17 heavy (non-hydrogen) atoms. The Labute approximate surface area is 107 Å². The molecule has 0 saturated heterocycles. The Morgan fingerprint density at radius 1 is 1.41 bits per heavy atom. The highest BCUT2D eigenvalue weighted by Gasteiger charge is 2.09. The maximum Gasteiger partial charge on any atom is 0.179 e. The summed E-state index contributed by atoms with van der Waals surface area (Å²) in [4.78, 5) is 8.82. The predicted molar refractivity (Wildman–Crippen MR) is 68.6 cm³/mol. The van der Waals surface area contributed by atoms with Crippen LogP contribution in [0.5, 0.6) is 0 Å². The van der Waals surface area contributed by atoms with Gasteiger partial charge in [0.15, 0.2) is 9.50 Å². The van der Waals surface area contributed by atoms with E-state index in [1.165, 1.54) is 11.5 Å². The van der Waals surface area contributed by atoms with Gasteiger partial charge in [0.05, 0.1) is 11.7 Å². The quantitative estimate of drug-likeness (QED) is 0.728. The molecular formula is C11H10N4S2. The Morgan fingerprint density at radius 3 is 3.18 bits per heavy atom. The Kier molecular flexibility index (Phi) is 2.82. The molecule has 0 spiro atoms. The fourth-order valence-corrected chi connectivity index (χ4v) is 3.16. The fraction of sp³-hybridized carbons (Fsp3) is 0.182. The molecule has 0 bridgehead atoms. The lowest BCUT2D eigenvalue weighted by Crippen LogP contribution is -1.86. The van der Waals surface area contributed by atoms with Crippen molar-refractivity contribution in [1.82, 2.24) is 18.7 Å². The zero-order valence-corrected chi connectivity index (χ0v) is 10.8. The maximum atomic E-state index is 4.43. The summed E-state index contributed by atoms with van der Waals surface area (Å²) in [5.41, 5.74) is 1.09. The molecule has 3 rings (SSSR count). The molecule has 0 aliphatic carbocycles. The van der Waals surface area contributed by atoms with Gasteiger partial charge in [-0.2, -0.15) is 4.37 Å². The summed E-state index contributed by atoms with van der Waals surface area (Å²) in [6, 6.07) is 6.04. The van der Waals surface area contributed by atoms with Crippen LogP contribution in [0.25, 0.3) is 5.52 Å². The number of rotatable bonds is 3. The molecule has 4 nitrogen and oxygen atoms in total. The van der Waals surface area contributed by atoms with Crippen molar-refractivity contribution in [2.45, 2.75) is 22.8 Å². The van der Waals surface area contributed by atoms with Crippen LogP contribution >= 0.6 is 23.3 Å². The van der Waals surface area contributed by atoms with Crippen LogP contribution in [0, 0.1) is 0 Å². The van der Waals surface area contributed by atoms with Crippen molar-refractivity contribution in [3.05, 3.63) is 36.4 Å². The van der Waals surface area contributed by atoms with Crippen molar-refractivity contribution in [2.24, 2.45) is 0 Å². The third-order valence-electron chi connectivity index (χ3n) is 2.35. The molecule has 0 saturated carbocycles. The van der Waals surface area contributed by atoms with Crippen molar-refractivity contribution in [2.75, 3.05) is 0 Å². The fourth-order valence-electron chi connectivity index (χ4n) is 1.50. The first-order valence-corrected chi connectivity index (χ1v) is 6.88. The minimum atomic E-state index is 0.874. The van der Waals surface area contributed by atoms with Crippen molar-refractivity contribution < 1.29 is 0 Å². The SMILES string of the molecule is CCc1nsc(Sc2ncc3ccccn23)n1. The third-order valence-corrected chi connectivity index (χ3v) is 4.12. The molecule has 0 amide bonds. The highest BCUT2D eigenvalue weighted by molar-refractivity contribution is 8.00. The van der Waals surface area contributed by atoms with E-state index in [-0.39, 0.29) is 0 Å². The van der Waals surface area contributed by atoms with Crippen LogP contribution in [0.2, 0.25) is 0 Å². The number of pyridine rings is 1. The minimum Gasteiger partial charge on any atom is -0.294 e. The maximum absolute atomic E-state index is 4.43. The summed E-state index contributed by atoms with van der Waals surface area (Å²) in [5, 5.41) is 0.930.